The number of thiazole rings is 1. The summed E-state index contributed by atoms with van der Waals surface area (Å²) in [6.07, 6.45) is 0.475. The molecule has 5 atom stereocenters. The lowest BCUT2D eigenvalue weighted by atomic mass is 10.1. The summed E-state index contributed by atoms with van der Waals surface area (Å²) in [6.45, 7) is -0.225. The van der Waals surface area contributed by atoms with E-state index in [1.54, 1.807) is 12.1 Å². The number of ether oxygens (including phenoxy) is 1. The number of allylic oxidation sites excluding steroid dienone is 1. The molecule has 5 aliphatic rings. The maximum absolute atomic E-state index is 14.4. The molecule has 4 amide bonds. The van der Waals surface area contributed by atoms with E-state index in [2.05, 4.69) is 20.3 Å². The van der Waals surface area contributed by atoms with E-state index in [-0.39, 0.29) is 44.0 Å². The molecule has 0 spiro atoms. The average molecular weight is 783 g/mol. The van der Waals surface area contributed by atoms with E-state index in [1.807, 2.05) is 6.08 Å². The number of amides is 4. The lowest BCUT2D eigenvalue weighted by Crippen LogP contribution is -2.57. The summed E-state index contributed by atoms with van der Waals surface area (Å²) in [5.41, 5.74) is -1.78. The molecule has 7 rings (SSSR count). The molecule has 3 N–H and O–H groups in total. The smallest absolute Gasteiger partial charge is 0.434 e. The third kappa shape index (κ3) is 7.86. The number of aromatic nitrogens is 1. The molecule has 19 heteroatoms. The van der Waals surface area contributed by atoms with Gasteiger partial charge in [0.05, 0.1) is 18.3 Å². The highest BCUT2D eigenvalue weighted by atomic mass is 32.2. The Bertz CT molecular complexity index is 1940. The number of hydrogen-bond acceptors (Lipinski definition) is 10. The normalized spacial score (nSPS) is 27.8. The first kappa shape index (κ1) is 37.1. The first-order valence-electron chi connectivity index (χ1n) is 17.5. The summed E-state index contributed by atoms with van der Waals surface area (Å²) in [4.78, 5) is 61.5. The Morgan fingerprint density at radius 3 is 2.60 bits per heavy atom. The number of nitrogens with zero attached hydrogens (tertiary/aromatic N) is 3. The van der Waals surface area contributed by atoms with E-state index in [9.17, 15) is 45.2 Å². The topological polar surface area (TPSA) is 167 Å². The Morgan fingerprint density at radius 2 is 1.89 bits per heavy atom. The zero-order valence-electron chi connectivity index (χ0n) is 28.4. The number of nitrogens with one attached hydrogen (secondary N) is 3. The minimum absolute atomic E-state index is 0.0455. The van der Waals surface area contributed by atoms with Crippen molar-refractivity contribution in [2.45, 2.75) is 106 Å². The van der Waals surface area contributed by atoms with E-state index in [4.69, 9.17) is 4.74 Å². The SMILES string of the molecule is O=C1N[C@]2(C(=O)NS(=O)(=O)C3CC3)C[C@H]2C=CCCCCC[C@H](Nc2nc(C(F)(F)F)cs2)C(=O)N2C[C@H](OC(=O)N3Cc4cccc(F)c4C3)C[C@@H]12. The molecule has 286 valence electrons. The van der Waals surface area contributed by atoms with Gasteiger partial charge >= 0.3 is 12.3 Å². The van der Waals surface area contributed by atoms with Crippen LogP contribution in [-0.2, 0) is 48.4 Å². The van der Waals surface area contributed by atoms with Crippen LogP contribution in [0.15, 0.2) is 35.7 Å². The van der Waals surface area contributed by atoms with Gasteiger partial charge < -0.3 is 20.3 Å². The van der Waals surface area contributed by atoms with Gasteiger partial charge in [-0.1, -0.05) is 37.1 Å². The molecular weight excluding hydrogens is 745 g/mol. The molecule has 53 heavy (non-hydrogen) atoms. The molecule has 4 heterocycles. The highest BCUT2D eigenvalue weighted by molar-refractivity contribution is 7.91. The van der Waals surface area contributed by atoms with Crippen molar-refractivity contribution in [2.75, 3.05) is 11.9 Å². The van der Waals surface area contributed by atoms with E-state index in [1.165, 1.54) is 21.9 Å². The molecule has 2 saturated carbocycles. The van der Waals surface area contributed by atoms with Gasteiger partial charge in [-0.3, -0.25) is 24.0 Å². The summed E-state index contributed by atoms with van der Waals surface area (Å²) in [6, 6.07) is 2.09. The molecule has 0 radical (unpaired) electrons. The van der Waals surface area contributed by atoms with Crippen LogP contribution in [0.5, 0.6) is 0 Å². The third-order valence-corrected chi connectivity index (χ3v) is 13.0. The van der Waals surface area contributed by atoms with Crippen molar-refractivity contribution in [3.05, 3.63) is 58.4 Å². The molecule has 3 fully saturated rings. The molecule has 0 bridgehead atoms. The number of anilines is 1. The number of hydrogen-bond donors (Lipinski definition) is 3. The molecule has 2 aliphatic carbocycles. The number of alkyl halides is 3. The van der Waals surface area contributed by atoms with Crippen LogP contribution in [0.2, 0.25) is 0 Å². The van der Waals surface area contributed by atoms with Crippen LogP contribution in [0.3, 0.4) is 0 Å². The van der Waals surface area contributed by atoms with Crippen molar-refractivity contribution in [3.63, 3.8) is 0 Å². The molecule has 0 unspecified atom stereocenters. The second-order valence-corrected chi connectivity index (χ2v) is 17.0. The Hall–Kier alpha value is -4.26. The first-order chi connectivity index (χ1) is 25.1. The standard InChI is InChI=1S/C34H38F4N6O7S2/c35-24-9-6-7-19-15-43(17-23(19)24)32(48)51-21-13-26-28(45)41-33(30(47)42-53(49,50)22-11-12-22)14-20(33)8-4-2-1-3-5-10-25(29(46)44(26)16-21)39-31-40-27(18-52-31)34(36,37)38/h4,6-9,18,20-22,25-26H,1-3,5,10-17H2,(H,39,40)(H,41,45)(H,42,47)/t20-,21-,25+,26+,33-/m1/s1. The Kier molecular flexibility index (Phi) is 9.92. The number of rotatable bonds is 6. The lowest BCUT2D eigenvalue weighted by Gasteiger charge is -2.29. The molecular formula is C34H38F4N6O7S2. The van der Waals surface area contributed by atoms with Crippen molar-refractivity contribution in [3.8, 4) is 0 Å². The van der Waals surface area contributed by atoms with Gasteiger partial charge in [0.1, 0.15) is 29.5 Å². The second kappa shape index (κ2) is 14.2. The molecule has 1 aromatic heterocycles. The molecule has 3 aliphatic heterocycles. The predicted octanol–water partition coefficient (Wildman–Crippen LogP) is 4.21. The zero-order chi connectivity index (χ0) is 37.7. The van der Waals surface area contributed by atoms with Gasteiger partial charge in [0.2, 0.25) is 21.8 Å². The number of carbonyl (C=O) groups is 4. The Balaban J connectivity index is 1.15. The summed E-state index contributed by atoms with van der Waals surface area (Å²) in [5.74, 6) is -3.32. The van der Waals surface area contributed by atoms with Gasteiger partial charge in [-0.2, -0.15) is 13.2 Å². The largest absolute Gasteiger partial charge is 0.444 e. The first-order valence-corrected chi connectivity index (χ1v) is 19.9. The quantitative estimate of drug-likeness (QED) is 0.288. The van der Waals surface area contributed by atoms with E-state index >= 15 is 0 Å². The second-order valence-electron chi connectivity index (χ2n) is 14.2. The van der Waals surface area contributed by atoms with E-state index < -0.39 is 86.4 Å². The fraction of sp³-hybridized carbons (Fsp3) is 0.559. The monoisotopic (exact) mass is 782 g/mol. The maximum atomic E-state index is 14.4. The van der Waals surface area contributed by atoms with Crippen LogP contribution in [0.25, 0.3) is 0 Å². The van der Waals surface area contributed by atoms with E-state index in [0.717, 1.165) is 5.38 Å². The van der Waals surface area contributed by atoms with Gasteiger partial charge in [-0.25, -0.2) is 22.6 Å². The fourth-order valence-electron chi connectivity index (χ4n) is 7.19. The molecule has 2 aromatic rings. The van der Waals surface area contributed by atoms with Gasteiger partial charge in [0.25, 0.3) is 5.91 Å². The fourth-order valence-corrected chi connectivity index (χ4v) is 9.33. The van der Waals surface area contributed by atoms with Crippen LogP contribution in [0, 0.1) is 11.7 Å². The highest BCUT2D eigenvalue weighted by Crippen LogP contribution is 2.46. The number of benzene rings is 1. The minimum atomic E-state index is -4.70. The van der Waals surface area contributed by atoms with Crippen LogP contribution in [0.4, 0.5) is 27.5 Å². The van der Waals surface area contributed by atoms with Gasteiger partial charge in [0, 0.05) is 29.8 Å². The Labute approximate surface area is 306 Å². The average Bonchev–Trinajstić information content (AvgIpc) is 3.88. The van der Waals surface area contributed by atoms with Crippen molar-refractivity contribution in [1.82, 2.24) is 24.8 Å². The van der Waals surface area contributed by atoms with E-state index in [0.29, 0.717) is 61.0 Å². The zero-order valence-corrected chi connectivity index (χ0v) is 30.0. The molecule has 13 nitrogen and oxygen atoms in total. The molecule has 1 aromatic carbocycles. The number of sulfonamides is 1. The lowest BCUT2D eigenvalue weighted by molar-refractivity contribution is -0.140. The van der Waals surface area contributed by atoms with Crippen molar-refractivity contribution in [2.24, 2.45) is 5.92 Å². The number of carbonyl (C=O) groups excluding carboxylic acids is 4. The number of halogens is 4. The van der Waals surface area contributed by atoms with Gasteiger partial charge in [-0.05, 0) is 50.2 Å². The van der Waals surface area contributed by atoms with Crippen LogP contribution >= 0.6 is 11.3 Å². The Morgan fingerprint density at radius 1 is 1.09 bits per heavy atom. The molecule has 1 saturated heterocycles. The summed E-state index contributed by atoms with van der Waals surface area (Å²) in [5, 5.41) is 5.56. The third-order valence-electron chi connectivity index (χ3n) is 10.4. The van der Waals surface area contributed by atoms with Gasteiger partial charge in [0.15, 0.2) is 10.8 Å². The van der Waals surface area contributed by atoms with Crippen molar-refractivity contribution in [1.29, 1.82) is 0 Å². The predicted molar refractivity (Wildman–Crippen MR) is 182 cm³/mol. The number of fused-ring (bicyclic) bond motifs is 3. The van der Waals surface area contributed by atoms with Crippen molar-refractivity contribution < 1.29 is 49.9 Å². The van der Waals surface area contributed by atoms with Crippen LogP contribution in [-0.4, -0.2) is 82.5 Å². The summed E-state index contributed by atoms with van der Waals surface area (Å²) < 4.78 is 87.9. The maximum Gasteiger partial charge on any atom is 0.434 e. The minimum Gasteiger partial charge on any atom is -0.444 e. The summed E-state index contributed by atoms with van der Waals surface area (Å²) in [7, 11) is -3.96. The summed E-state index contributed by atoms with van der Waals surface area (Å²) >= 11 is 0.677. The highest BCUT2D eigenvalue weighted by Gasteiger charge is 2.62. The van der Waals surface area contributed by atoms with Crippen LogP contribution in [0.1, 0.15) is 74.6 Å². The van der Waals surface area contributed by atoms with Crippen LogP contribution < -0.4 is 15.4 Å². The van der Waals surface area contributed by atoms with Gasteiger partial charge in [-0.15, -0.1) is 11.3 Å². The van der Waals surface area contributed by atoms with Crippen molar-refractivity contribution >= 4 is 50.3 Å².